The van der Waals surface area contributed by atoms with Crippen molar-refractivity contribution in [1.29, 1.82) is 0 Å². The average molecular weight is 424 g/mol. The fourth-order valence-corrected chi connectivity index (χ4v) is 4.74. The van der Waals surface area contributed by atoms with E-state index in [0.29, 0.717) is 33.6 Å². The van der Waals surface area contributed by atoms with Gasteiger partial charge in [-0.3, -0.25) is 9.52 Å². The van der Waals surface area contributed by atoms with Crippen molar-refractivity contribution < 1.29 is 22.4 Å². The summed E-state index contributed by atoms with van der Waals surface area (Å²) in [6.07, 6.45) is 3.02. The normalized spacial score (nSPS) is 13.0. The molecule has 2 aromatic carbocycles. The number of nitrogens with one attached hydrogen (secondary N) is 2. The predicted octanol–water partition coefficient (Wildman–Crippen LogP) is 4.50. The van der Waals surface area contributed by atoms with Crippen LogP contribution in [0.25, 0.3) is 16.7 Å². The van der Waals surface area contributed by atoms with E-state index in [-0.39, 0.29) is 16.6 Å². The van der Waals surface area contributed by atoms with Gasteiger partial charge in [0, 0.05) is 28.0 Å². The summed E-state index contributed by atoms with van der Waals surface area (Å²) >= 11 is 0. The standard InChI is InChI=1S/C22H20N2O5S/c1-13(2)21-16-11-18(24-30(26,27)20-7-5-4-6-19(20)28-3)15(14-8-9-29-12-14)10-17(16)23-22(21)25/h4-12,24H,1-3H3,(H,23,25). The van der Waals surface area contributed by atoms with Crippen molar-refractivity contribution in [3.63, 3.8) is 0 Å². The number of allylic oxidation sites excluding steroid dienone is 1. The molecule has 2 N–H and O–H groups in total. The number of furan rings is 1. The molecule has 30 heavy (non-hydrogen) atoms. The van der Waals surface area contributed by atoms with Gasteiger partial charge in [0.15, 0.2) is 0 Å². The number of sulfonamides is 1. The minimum absolute atomic E-state index is 0.0165. The van der Waals surface area contributed by atoms with Crippen molar-refractivity contribution in [2.75, 3.05) is 17.1 Å². The zero-order valence-electron chi connectivity index (χ0n) is 16.6. The van der Waals surface area contributed by atoms with Crippen LogP contribution in [-0.4, -0.2) is 21.4 Å². The van der Waals surface area contributed by atoms with Gasteiger partial charge in [0.1, 0.15) is 10.6 Å². The molecule has 0 spiro atoms. The Hall–Kier alpha value is -3.52. The molecule has 0 aliphatic carbocycles. The molecule has 0 radical (unpaired) electrons. The molecule has 0 unspecified atom stereocenters. The number of para-hydroxylation sites is 1. The SMILES string of the molecule is COc1ccccc1S(=O)(=O)Nc1cc2c(cc1-c1ccoc1)NC(=O)C2=C(C)C. The Labute approximate surface area is 174 Å². The van der Waals surface area contributed by atoms with E-state index in [1.54, 1.807) is 36.4 Å². The molecule has 154 valence electrons. The van der Waals surface area contributed by atoms with Gasteiger partial charge in [-0.25, -0.2) is 8.42 Å². The highest BCUT2D eigenvalue weighted by Crippen LogP contribution is 2.42. The van der Waals surface area contributed by atoms with Crippen molar-refractivity contribution in [2.45, 2.75) is 18.7 Å². The molecule has 0 atom stereocenters. The van der Waals surface area contributed by atoms with Crippen molar-refractivity contribution >= 4 is 32.9 Å². The number of fused-ring (bicyclic) bond motifs is 1. The molecule has 7 nitrogen and oxygen atoms in total. The molecule has 4 rings (SSSR count). The van der Waals surface area contributed by atoms with E-state index in [9.17, 15) is 13.2 Å². The molecule has 8 heteroatoms. The molecule has 2 heterocycles. The second kappa shape index (κ2) is 7.38. The van der Waals surface area contributed by atoms with Gasteiger partial charge >= 0.3 is 0 Å². The molecule has 0 saturated carbocycles. The average Bonchev–Trinajstić information content (AvgIpc) is 3.34. The number of ether oxygens (including phenoxy) is 1. The first kappa shape index (κ1) is 19.8. The maximum atomic E-state index is 13.2. The fraction of sp³-hybridized carbons (Fsp3) is 0.136. The molecule has 1 aliphatic heterocycles. The van der Waals surface area contributed by atoms with Crippen LogP contribution in [0.5, 0.6) is 5.75 Å². The van der Waals surface area contributed by atoms with Gasteiger partial charge in [0.25, 0.3) is 15.9 Å². The number of rotatable bonds is 5. The molecular formula is C22H20N2O5S. The van der Waals surface area contributed by atoms with Gasteiger partial charge < -0.3 is 14.5 Å². The van der Waals surface area contributed by atoms with Crippen molar-refractivity contribution in [2.24, 2.45) is 0 Å². The summed E-state index contributed by atoms with van der Waals surface area (Å²) in [4.78, 5) is 12.4. The van der Waals surface area contributed by atoms with Gasteiger partial charge in [-0.05, 0) is 44.2 Å². The Morgan fingerprint density at radius 3 is 2.53 bits per heavy atom. The van der Waals surface area contributed by atoms with Crippen molar-refractivity contribution in [1.82, 2.24) is 0 Å². The highest BCUT2D eigenvalue weighted by atomic mass is 32.2. The predicted molar refractivity (Wildman–Crippen MR) is 115 cm³/mol. The van der Waals surface area contributed by atoms with Crippen LogP contribution in [0.2, 0.25) is 0 Å². The molecule has 0 bridgehead atoms. The highest BCUT2D eigenvalue weighted by molar-refractivity contribution is 7.92. The van der Waals surface area contributed by atoms with E-state index in [4.69, 9.17) is 9.15 Å². The van der Waals surface area contributed by atoms with Crippen molar-refractivity contribution in [3.8, 4) is 16.9 Å². The van der Waals surface area contributed by atoms with Gasteiger partial charge in [0.2, 0.25) is 0 Å². The summed E-state index contributed by atoms with van der Waals surface area (Å²) in [5, 5.41) is 2.85. The second-order valence-corrected chi connectivity index (χ2v) is 8.69. The smallest absolute Gasteiger partial charge is 0.265 e. The van der Waals surface area contributed by atoms with Crippen LogP contribution in [-0.2, 0) is 14.8 Å². The van der Waals surface area contributed by atoms with Gasteiger partial charge in [-0.2, -0.15) is 0 Å². The van der Waals surface area contributed by atoms with Crippen LogP contribution in [0, 0.1) is 0 Å². The molecule has 1 aliphatic rings. The Balaban J connectivity index is 1.89. The number of carbonyl (C=O) groups is 1. The van der Waals surface area contributed by atoms with Gasteiger partial charge in [-0.1, -0.05) is 17.7 Å². The number of methoxy groups -OCH3 is 1. The molecular weight excluding hydrogens is 404 g/mol. The van der Waals surface area contributed by atoms with Crippen LogP contribution in [0.4, 0.5) is 11.4 Å². The maximum absolute atomic E-state index is 13.2. The maximum Gasteiger partial charge on any atom is 0.265 e. The van der Waals surface area contributed by atoms with Gasteiger partial charge in [0.05, 0.1) is 25.3 Å². The highest BCUT2D eigenvalue weighted by Gasteiger charge is 2.29. The number of amides is 1. The third-order valence-corrected chi connectivity index (χ3v) is 6.24. The number of anilines is 2. The van der Waals surface area contributed by atoms with Crippen LogP contribution in [0.15, 0.2) is 69.9 Å². The summed E-state index contributed by atoms with van der Waals surface area (Å²) in [6.45, 7) is 3.68. The monoisotopic (exact) mass is 424 g/mol. The van der Waals surface area contributed by atoms with Crippen LogP contribution in [0.1, 0.15) is 19.4 Å². The number of benzene rings is 2. The van der Waals surface area contributed by atoms with E-state index >= 15 is 0 Å². The molecule has 0 saturated heterocycles. The zero-order valence-corrected chi connectivity index (χ0v) is 17.5. The fourth-order valence-electron chi connectivity index (χ4n) is 3.50. The van der Waals surface area contributed by atoms with E-state index in [0.717, 1.165) is 5.57 Å². The Kier molecular flexibility index (Phi) is 4.87. The number of carbonyl (C=O) groups excluding carboxylic acids is 1. The summed E-state index contributed by atoms with van der Waals surface area (Å²) in [6, 6.07) is 11.5. The number of hydrogen-bond donors (Lipinski definition) is 2. The summed E-state index contributed by atoms with van der Waals surface area (Å²) < 4.78 is 39.4. The third-order valence-electron chi connectivity index (χ3n) is 4.84. The Morgan fingerprint density at radius 2 is 1.87 bits per heavy atom. The first-order chi connectivity index (χ1) is 14.3. The van der Waals surface area contributed by atoms with Crippen LogP contribution >= 0.6 is 0 Å². The Bertz CT molecular complexity index is 1270. The van der Waals surface area contributed by atoms with E-state index in [1.807, 2.05) is 13.8 Å². The quantitative estimate of drug-likeness (QED) is 0.588. The lowest BCUT2D eigenvalue weighted by molar-refractivity contribution is -0.110. The zero-order chi connectivity index (χ0) is 21.5. The van der Waals surface area contributed by atoms with Crippen LogP contribution in [0.3, 0.4) is 0 Å². The molecule has 1 aromatic heterocycles. The lowest BCUT2D eigenvalue weighted by Crippen LogP contribution is -2.15. The van der Waals surface area contributed by atoms with E-state index in [1.165, 1.54) is 25.7 Å². The molecule has 1 amide bonds. The van der Waals surface area contributed by atoms with Gasteiger partial charge in [-0.15, -0.1) is 0 Å². The third kappa shape index (κ3) is 3.35. The summed E-state index contributed by atoms with van der Waals surface area (Å²) in [7, 11) is -2.55. The Morgan fingerprint density at radius 1 is 1.10 bits per heavy atom. The molecule has 0 fully saturated rings. The summed E-state index contributed by atoms with van der Waals surface area (Å²) in [5.41, 5.74) is 4.21. The minimum Gasteiger partial charge on any atom is -0.495 e. The first-order valence-electron chi connectivity index (χ1n) is 9.17. The minimum atomic E-state index is -3.97. The number of hydrogen-bond acceptors (Lipinski definition) is 5. The van der Waals surface area contributed by atoms with Crippen LogP contribution < -0.4 is 14.8 Å². The topological polar surface area (TPSA) is 97.6 Å². The van der Waals surface area contributed by atoms with Crippen molar-refractivity contribution in [3.05, 3.63) is 66.1 Å². The van der Waals surface area contributed by atoms with E-state index in [2.05, 4.69) is 10.0 Å². The first-order valence-corrected chi connectivity index (χ1v) is 10.7. The summed E-state index contributed by atoms with van der Waals surface area (Å²) in [5.74, 6) is 0.0192. The largest absolute Gasteiger partial charge is 0.495 e. The van der Waals surface area contributed by atoms with E-state index < -0.39 is 10.0 Å². The lowest BCUT2D eigenvalue weighted by atomic mass is 9.98. The molecule has 3 aromatic rings. The lowest BCUT2D eigenvalue weighted by Gasteiger charge is -2.15. The second-order valence-electron chi connectivity index (χ2n) is 7.04.